The molecule has 1 aliphatic carbocycles. The Bertz CT molecular complexity index is 779. The van der Waals surface area contributed by atoms with Crippen molar-refractivity contribution in [2.24, 2.45) is 11.8 Å². The van der Waals surface area contributed by atoms with Gasteiger partial charge in [0.25, 0.3) is 0 Å². The lowest BCUT2D eigenvalue weighted by molar-refractivity contribution is -0.151. The first kappa shape index (κ1) is 17.6. The SMILES string of the molecule is Cc1ccc(C2(O)[C@H]3CCC[C@H]2CN(Cc2ccc(F)c(F)c2)C3)nc1. The van der Waals surface area contributed by atoms with Gasteiger partial charge in [0, 0.05) is 37.7 Å². The van der Waals surface area contributed by atoms with E-state index in [0.717, 1.165) is 49.2 Å². The van der Waals surface area contributed by atoms with Gasteiger partial charge in [-0.15, -0.1) is 0 Å². The molecule has 138 valence electrons. The van der Waals surface area contributed by atoms with Crippen molar-refractivity contribution in [2.75, 3.05) is 13.1 Å². The predicted octanol–water partition coefficient (Wildman–Crippen LogP) is 3.79. The molecule has 1 saturated carbocycles. The molecule has 1 aliphatic heterocycles. The van der Waals surface area contributed by atoms with Gasteiger partial charge in [0.15, 0.2) is 11.6 Å². The van der Waals surface area contributed by atoms with Crippen LogP contribution >= 0.6 is 0 Å². The quantitative estimate of drug-likeness (QED) is 0.907. The summed E-state index contributed by atoms with van der Waals surface area (Å²) in [7, 11) is 0. The minimum atomic E-state index is -0.892. The molecule has 0 amide bonds. The number of aryl methyl sites for hydroxylation is 1. The van der Waals surface area contributed by atoms with Gasteiger partial charge >= 0.3 is 0 Å². The monoisotopic (exact) mass is 358 g/mol. The number of piperidine rings is 1. The number of hydrogen-bond donors (Lipinski definition) is 1. The average Bonchev–Trinajstić information content (AvgIpc) is 2.60. The summed E-state index contributed by atoms with van der Waals surface area (Å²) in [5.41, 5.74) is 1.72. The molecule has 0 radical (unpaired) electrons. The lowest BCUT2D eigenvalue weighted by Crippen LogP contribution is -2.58. The molecule has 0 unspecified atom stereocenters. The Morgan fingerprint density at radius 2 is 1.85 bits per heavy atom. The average molecular weight is 358 g/mol. The van der Waals surface area contributed by atoms with E-state index in [0.29, 0.717) is 6.54 Å². The molecule has 1 aromatic heterocycles. The second-order valence-corrected chi connectivity index (χ2v) is 7.81. The summed E-state index contributed by atoms with van der Waals surface area (Å²) in [5, 5.41) is 11.6. The molecule has 1 saturated heterocycles. The minimum absolute atomic E-state index is 0.107. The van der Waals surface area contributed by atoms with E-state index in [1.54, 1.807) is 6.07 Å². The number of rotatable bonds is 3. The number of pyridine rings is 1. The maximum absolute atomic E-state index is 13.5. The minimum Gasteiger partial charge on any atom is -0.383 e. The van der Waals surface area contributed by atoms with Gasteiger partial charge in [-0.2, -0.15) is 0 Å². The fourth-order valence-corrected chi connectivity index (χ4v) is 4.69. The van der Waals surface area contributed by atoms with E-state index in [1.165, 1.54) is 12.1 Å². The van der Waals surface area contributed by atoms with Crippen molar-refractivity contribution in [1.82, 2.24) is 9.88 Å². The van der Waals surface area contributed by atoms with Crippen LogP contribution in [0.5, 0.6) is 0 Å². The smallest absolute Gasteiger partial charge is 0.159 e. The number of hydrogen-bond acceptors (Lipinski definition) is 3. The number of fused-ring (bicyclic) bond motifs is 2. The molecule has 1 aromatic carbocycles. The van der Waals surface area contributed by atoms with Crippen LogP contribution in [0.25, 0.3) is 0 Å². The molecule has 2 bridgehead atoms. The van der Waals surface area contributed by atoms with Crippen LogP contribution in [0.2, 0.25) is 0 Å². The van der Waals surface area contributed by atoms with Crippen LogP contribution in [0.15, 0.2) is 36.5 Å². The van der Waals surface area contributed by atoms with Crippen LogP contribution in [-0.2, 0) is 12.1 Å². The highest BCUT2D eigenvalue weighted by molar-refractivity contribution is 5.23. The molecule has 2 heterocycles. The summed E-state index contributed by atoms with van der Waals surface area (Å²) in [4.78, 5) is 6.78. The number of benzene rings is 1. The molecule has 26 heavy (non-hydrogen) atoms. The van der Waals surface area contributed by atoms with Gasteiger partial charge in [0.2, 0.25) is 0 Å². The summed E-state index contributed by atoms with van der Waals surface area (Å²) in [6.07, 6.45) is 4.84. The van der Waals surface area contributed by atoms with E-state index in [-0.39, 0.29) is 11.8 Å². The van der Waals surface area contributed by atoms with Crippen LogP contribution in [0.4, 0.5) is 8.78 Å². The number of aromatic nitrogens is 1. The van der Waals surface area contributed by atoms with Crippen LogP contribution < -0.4 is 0 Å². The molecule has 3 nitrogen and oxygen atoms in total. The first-order chi connectivity index (χ1) is 12.5. The summed E-state index contributed by atoms with van der Waals surface area (Å²) in [5.74, 6) is -1.41. The number of likely N-dealkylation sites (tertiary alicyclic amines) is 1. The predicted molar refractivity (Wildman–Crippen MR) is 95.3 cm³/mol. The Labute approximate surface area is 152 Å². The topological polar surface area (TPSA) is 36.4 Å². The maximum atomic E-state index is 13.5. The Morgan fingerprint density at radius 1 is 1.12 bits per heavy atom. The molecule has 2 aromatic rings. The molecule has 0 spiro atoms. The molecule has 1 N–H and O–H groups in total. The lowest BCUT2D eigenvalue weighted by Gasteiger charge is -2.52. The fourth-order valence-electron chi connectivity index (χ4n) is 4.69. The van der Waals surface area contributed by atoms with Crippen molar-refractivity contribution >= 4 is 0 Å². The Kier molecular flexibility index (Phi) is 4.53. The molecule has 4 rings (SSSR count). The second-order valence-electron chi connectivity index (χ2n) is 7.81. The summed E-state index contributed by atoms with van der Waals surface area (Å²) >= 11 is 0. The van der Waals surface area contributed by atoms with Gasteiger partial charge in [0.05, 0.1) is 5.69 Å². The van der Waals surface area contributed by atoms with E-state index < -0.39 is 17.2 Å². The van der Waals surface area contributed by atoms with Gasteiger partial charge in [-0.05, 0) is 49.1 Å². The van der Waals surface area contributed by atoms with E-state index in [2.05, 4.69) is 9.88 Å². The first-order valence-electron chi connectivity index (χ1n) is 9.28. The summed E-state index contributed by atoms with van der Waals surface area (Å²) in [6.45, 7) is 4.04. The number of halogens is 2. The number of nitrogens with zero attached hydrogens (tertiary/aromatic N) is 2. The van der Waals surface area contributed by atoms with E-state index in [4.69, 9.17) is 0 Å². The van der Waals surface area contributed by atoms with Crippen molar-refractivity contribution in [3.8, 4) is 0 Å². The first-order valence-corrected chi connectivity index (χ1v) is 9.28. The zero-order valence-corrected chi connectivity index (χ0v) is 15.0. The highest BCUT2D eigenvalue weighted by Crippen LogP contribution is 2.48. The Balaban J connectivity index is 1.56. The molecule has 2 fully saturated rings. The Morgan fingerprint density at radius 3 is 2.46 bits per heavy atom. The fraction of sp³-hybridized carbons (Fsp3) is 0.476. The highest BCUT2D eigenvalue weighted by atomic mass is 19.2. The van der Waals surface area contributed by atoms with Gasteiger partial charge < -0.3 is 5.11 Å². The van der Waals surface area contributed by atoms with Gasteiger partial charge in [0.1, 0.15) is 5.60 Å². The zero-order chi connectivity index (χ0) is 18.3. The molecule has 2 aliphatic rings. The van der Waals surface area contributed by atoms with Crippen LogP contribution in [0.1, 0.15) is 36.1 Å². The lowest BCUT2D eigenvalue weighted by atomic mass is 9.64. The summed E-state index contributed by atoms with van der Waals surface area (Å²) in [6, 6.07) is 8.04. The molecule has 5 heteroatoms. The maximum Gasteiger partial charge on any atom is 0.159 e. The van der Waals surface area contributed by atoms with Gasteiger partial charge in [-0.3, -0.25) is 9.88 Å². The van der Waals surface area contributed by atoms with Crippen molar-refractivity contribution in [1.29, 1.82) is 0 Å². The normalized spacial score (nSPS) is 28.9. The van der Waals surface area contributed by atoms with E-state index in [9.17, 15) is 13.9 Å². The van der Waals surface area contributed by atoms with Gasteiger partial charge in [-0.25, -0.2) is 8.78 Å². The third-order valence-electron chi connectivity index (χ3n) is 6.02. The van der Waals surface area contributed by atoms with Crippen LogP contribution in [0.3, 0.4) is 0 Å². The molecular weight excluding hydrogens is 334 g/mol. The largest absolute Gasteiger partial charge is 0.383 e. The van der Waals surface area contributed by atoms with Gasteiger partial charge in [-0.1, -0.05) is 18.6 Å². The zero-order valence-electron chi connectivity index (χ0n) is 15.0. The van der Waals surface area contributed by atoms with Crippen molar-refractivity contribution in [3.63, 3.8) is 0 Å². The third kappa shape index (κ3) is 3.03. The molecule has 2 atom stereocenters. The number of aliphatic hydroxyl groups is 1. The molecular formula is C21H24F2N2O. The Hall–Kier alpha value is -1.85. The standard InChI is InChI=1S/C21H24F2N2O/c1-14-5-8-20(24-10-14)21(26)16-3-2-4-17(21)13-25(12-16)11-15-6-7-18(22)19(23)9-15/h5-10,16-17,26H,2-4,11-13H2,1H3/t16-,17-/m0/s1. The summed E-state index contributed by atoms with van der Waals surface area (Å²) < 4.78 is 26.7. The van der Waals surface area contributed by atoms with Crippen LogP contribution in [-0.4, -0.2) is 28.1 Å². The van der Waals surface area contributed by atoms with Crippen LogP contribution in [0, 0.1) is 30.4 Å². The highest BCUT2D eigenvalue weighted by Gasteiger charge is 2.52. The van der Waals surface area contributed by atoms with E-state index >= 15 is 0 Å². The van der Waals surface area contributed by atoms with E-state index in [1.807, 2.05) is 25.3 Å². The van der Waals surface area contributed by atoms with Crippen molar-refractivity contribution in [3.05, 3.63) is 65.0 Å². The van der Waals surface area contributed by atoms with Crippen molar-refractivity contribution < 1.29 is 13.9 Å². The third-order valence-corrected chi connectivity index (χ3v) is 6.02. The second kappa shape index (κ2) is 6.71. The van der Waals surface area contributed by atoms with Crippen molar-refractivity contribution in [2.45, 2.75) is 38.3 Å².